The van der Waals surface area contributed by atoms with Gasteiger partial charge in [0.2, 0.25) is 0 Å². The first kappa shape index (κ1) is 14.8. The zero-order chi connectivity index (χ0) is 11.9. The Morgan fingerprint density at radius 1 is 1.40 bits per heavy atom. The van der Waals surface area contributed by atoms with Gasteiger partial charge in [0.05, 0.1) is 0 Å². The van der Waals surface area contributed by atoms with Crippen molar-refractivity contribution in [2.24, 2.45) is 5.41 Å². The Hall–Kier alpha value is -0.220. The van der Waals surface area contributed by atoms with Crippen molar-refractivity contribution < 1.29 is 17.9 Å². The Morgan fingerprint density at radius 3 is 2.40 bits per heavy atom. The molecule has 0 saturated heterocycles. The molecule has 0 rings (SSSR count). The van der Waals surface area contributed by atoms with E-state index in [1.54, 1.807) is 6.08 Å². The number of halogens is 4. The van der Waals surface area contributed by atoms with Crippen LogP contribution in [-0.4, -0.2) is 25.3 Å². The lowest BCUT2D eigenvalue weighted by molar-refractivity contribution is -0.174. The molecule has 0 aromatic rings. The van der Waals surface area contributed by atoms with Crippen LogP contribution in [0.15, 0.2) is 12.7 Å². The van der Waals surface area contributed by atoms with E-state index < -0.39 is 12.8 Å². The second-order valence-electron chi connectivity index (χ2n) is 3.76. The van der Waals surface area contributed by atoms with Crippen LogP contribution in [0, 0.1) is 5.41 Å². The van der Waals surface area contributed by atoms with Crippen LogP contribution >= 0.6 is 11.6 Å². The number of ether oxygens (including phenoxy) is 1. The topological polar surface area (TPSA) is 9.23 Å². The molecule has 1 atom stereocenters. The van der Waals surface area contributed by atoms with Crippen molar-refractivity contribution >= 4 is 11.6 Å². The standard InChI is InChI=1S/C10H16ClF3O/c1-3-9(2,7-11)5-4-6-15-8-10(12,13)14/h3H,1,4-8H2,2H3. The smallest absolute Gasteiger partial charge is 0.372 e. The summed E-state index contributed by atoms with van der Waals surface area (Å²) in [5.74, 6) is 0.412. The minimum Gasteiger partial charge on any atom is -0.372 e. The van der Waals surface area contributed by atoms with Gasteiger partial charge in [-0.25, -0.2) is 0 Å². The second-order valence-corrected chi connectivity index (χ2v) is 4.03. The molecule has 0 aromatic heterocycles. The molecule has 0 heterocycles. The summed E-state index contributed by atoms with van der Waals surface area (Å²) in [4.78, 5) is 0. The van der Waals surface area contributed by atoms with Crippen LogP contribution in [0.5, 0.6) is 0 Å². The van der Waals surface area contributed by atoms with Gasteiger partial charge in [-0.1, -0.05) is 13.0 Å². The molecule has 90 valence electrons. The van der Waals surface area contributed by atoms with Crippen molar-refractivity contribution in [2.45, 2.75) is 25.9 Å². The van der Waals surface area contributed by atoms with E-state index >= 15 is 0 Å². The van der Waals surface area contributed by atoms with Gasteiger partial charge in [-0.15, -0.1) is 18.2 Å². The molecule has 15 heavy (non-hydrogen) atoms. The summed E-state index contributed by atoms with van der Waals surface area (Å²) in [6.45, 7) is 4.47. The van der Waals surface area contributed by atoms with Gasteiger partial charge >= 0.3 is 6.18 Å². The molecular formula is C10H16ClF3O. The summed E-state index contributed by atoms with van der Waals surface area (Å²) in [5, 5.41) is 0. The predicted molar refractivity (Wildman–Crippen MR) is 55.1 cm³/mol. The third-order valence-electron chi connectivity index (χ3n) is 2.10. The minimum atomic E-state index is -4.24. The summed E-state index contributed by atoms with van der Waals surface area (Å²) in [5.41, 5.74) is -0.219. The fraction of sp³-hybridized carbons (Fsp3) is 0.800. The molecule has 0 aliphatic heterocycles. The van der Waals surface area contributed by atoms with Gasteiger partial charge in [-0.05, 0) is 18.3 Å². The molecule has 1 unspecified atom stereocenters. The maximum absolute atomic E-state index is 11.7. The van der Waals surface area contributed by atoms with Crippen molar-refractivity contribution in [1.82, 2.24) is 0 Å². The molecule has 0 fully saturated rings. The zero-order valence-corrected chi connectivity index (χ0v) is 9.50. The lowest BCUT2D eigenvalue weighted by Crippen LogP contribution is -2.19. The molecule has 0 N–H and O–H groups in total. The van der Waals surface area contributed by atoms with Crippen LogP contribution in [0.25, 0.3) is 0 Å². The molecule has 5 heteroatoms. The van der Waals surface area contributed by atoms with Crippen LogP contribution in [0.2, 0.25) is 0 Å². The fourth-order valence-corrected chi connectivity index (χ4v) is 1.23. The summed E-state index contributed by atoms with van der Waals surface area (Å²) in [6.07, 6.45) is -1.29. The van der Waals surface area contributed by atoms with E-state index in [1.807, 2.05) is 6.92 Å². The van der Waals surface area contributed by atoms with Gasteiger partial charge in [0.25, 0.3) is 0 Å². The fourth-order valence-electron chi connectivity index (χ4n) is 0.989. The molecule has 1 nitrogen and oxygen atoms in total. The second kappa shape index (κ2) is 6.38. The normalized spacial score (nSPS) is 16.1. The maximum Gasteiger partial charge on any atom is 0.411 e. The van der Waals surface area contributed by atoms with E-state index in [4.69, 9.17) is 11.6 Å². The number of hydrogen-bond donors (Lipinski definition) is 0. The lowest BCUT2D eigenvalue weighted by atomic mass is 9.88. The highest BCUT2D eigenvalue weighted by Crippen LogP contribution is 2.26. The molecular weight excluding hydrogens is 229 g/mol. The average molecular weight is 245 g/mol. The van der Waals surface area contributed by atoms with Crippen LogP contribution in [0.4, 0.5) is 13.2 Å². The summed E-state index contributed by atoms with van der Waals surface area (Å²) in [7, 11) is 0. The quantitative estimate of drug-likeness (QED) is 0.376. The highest BCUT2D eigenvalue weighted by molar-refractivity contribution is 6.18. The van der Waals surface area contributed by atoms with Crippen molar-refractivity contribution in [3.8, 4) is 0 Å². The Balaban J connectivity index is 3.58. The molecule has 0 aliphatic carbocycles. The first-order valence-electron chi connectivity index (χ1n) is 4.67. The molecule has 0 spiro atoms. The highest BCUT2D eigenvalue weighted by Gasteiger charge is 2.27. The van der Waals surface area contributed by atoms with Crippen molar-refractivity contribution in [1.29, 1.82) is 0 Å². The molecule has 0 radical (unpaired) electrons. The van der Waals surface area contributed by atoms with Gasteiger partial charge in [-0.2, -0.15) is 13.2 Å². The van der Waals surface area contributed by atoms with E-state index in [0.717, 1.165) is 0 Å². The van der Waals surface area contributed by atoms with E-state index in [2.05, 4.69) is 11.3 Å². The summed E-state index contributed by atoms with van der Waals surface area (Å²) in [6, 6.07) is 0. The third kappa shape index (κ3) is 7.68. The third-order valence-corrected chi connectivity index (χ3v) is 2.71. The molecule has 0 bridgehead atoms. The van der Waals surface area contributed by atoms with Crippen molar-refractivity contribution in [3.05, 3.63) is 12.7 Å². The van der Waals surface area contributed by atoms with Gasteiger partial charge in [0, 0.05) is 12.5 Å². The van der Waals surface area contributed by atoms with Crippen molar-refractivity contribution in [2.75, 3.05) is 19.1 Å². The number of hydrogen-bond acceptors (Lipinski definition) is 1. The van der Waals surface area contributed by atoms with E-state index in [-0.39, 0.29) is 12.0 Å². The van der Waals surface area contributed by atoms with Crippen LogP contribution in [-0.2, 0) is 4.74 Å². The molecule has 0 saturated carbocycles. The van der Waals surface area contributed by atoms with Gasteiger partial charge in [0.1, 0.15) is 6.61 Å². The number of allylic oxidation sites excluding steroid dienone is 1. The Morgan fingerprint density at radius 2 is 2.00 bits per heavy atom. The van der Waals surface area contributed by atoms with Gasteiger partial charge in [0.15, 0.2) is 0 Å². The van der Waals surface area contributed by atoms with Crippen LogP contribution < -0.4 is 0 Å². The minimum absolute atomic E-state index is 0.0971. The number of rotatable bonds is 7. The Bertz CT molecular complexity index is 194. The summed E-state index contributed by atoms with van der Waals surface area (Å²) >= 11 is 5.70. The molecule has 0 aromatic carbocycles. The zero-order valence-electron chi connectivity index (χ0n) is 8.74. The summed E-state index contributed by atoms with van der Waals surface area (Å²) < 4.78 is 39.5. The first-order valence-corrected chi connectivity index (χ1v) is 5.20. The van der Waals surface area contributed by atoms with Gasteiger partial charge in [-0.3, -0.25) is 0 Å². The lowest BCUT2D eigenvalue weighted by Gasteiger charge is -2.22. The molecule has 0 amide bonds. The molecule has 0 aliphatic rings. The van der Waals surface area contributed by atoms with Crippen LogP contribution in [0.1, 0.15) is 19.8 Å². The number of alkyl halides is 4. The highest BCUT2D eigenvalue weighted by atomic mass is 35.5. The Labute approximate surface area is 93.2 Å². The predicted octanol–water partition coefficient (Wildman–Crippen LogP) is 3.78. The average Bonchev–Trinajstić information content (AvgIpc) is 2.15. The van der Waals surface area contributed by atoms with E-state index in [0.29, 0.717) is 18.7 Å². The SMILES string of the molecule is C=CC(C)(CCl)CCCOCC(F)(F)F. The maximum atomic E-state index is 11.7. The van der Waals surface area contributed by atoms with E-state index in [9.17, 15) is 13.2 Å². The van der Waals surface area contributed by atoms with Gasteiger partial charge < -0.3 is 4.74 Å². The Kier molecular flexibility index (Phi) is 6.29. The first-order chi connectivity index (χ1) is 6.83. The monoisotopic (exact) mass is 244 g/mol. The van der Waals surface area contributed by atoms with Crippen LogP contribution in [0.3, 0.4) is 0 Å². The largest absolute Gasteiger partial charge is 0.411 e. The van der Waals surface area contributed by atoms with Crippen molar-refractivity contribution in [3.63, 3.8) is 0 Å². The van der Waals surface area contributed by atoms with E-state index in [1.165, 1.54) is 0 Å².